The van der Waals surface area contributed by atoms with Crippen molar-refractivity contribution in [3.8, 4) is 0 Å². The molecule has 1 aromatic rings. The van der Waals surface area contributed by atoms with Gasteiger partial charge in [0.05, 0.1) is 25.5 Å². The first kappa shape index (κ1) is 12.9. The molecule has 0 saturated heterocycles. The molecule has 1 aromatic carbocycles. The van der Waals surface area contributed by atoms with E-state index in [9.17, 15) is 4.39 Å². The molecule has 0 aromatic heterocycles. The van der Waals surface area contributed by atoms with Gasteiger partial charge in [0.2, 0.25) is 0 Å². The lowest BCUT2D eigenvalue weighted by molar-refractivity contribution is 0.0399. The van der Waals surface area contributed by atoms with E-state index in [1.807, 2.05) is 6.92 Å². The minimum atomic E-state index is -0.392. The maximum atomic E-state index is 13.4. The summed E-state index contributed by atoms with van der Waals surface area (Å²) in [6, 6.07) is 4.91. The fourth-order valence-corrected chi connectivity index (χ4v) is 1.26. The van der Waals surface area contributed by atoms with Crippen LogP contribution in [0.1, 0.15) is 18.9 Å². The SMILES string of the molecule is CCCOCCOCc1cccc(N)c1F. The van der Waals surface area contributed by atoms with E-state index < -0.39 is 5.82 Å². The topological polar surface area (TPSA) is 44.5 Å². The van der Waals surface area contributed by atoms with Crippen LogP contribution < -0.4 is 5.73 Å². The van der Waals surface area contributed by atoms with Crippen LogP contribution in [0.5, 0.6) is 0 Å². The Balaban J connectivity index is 2.24. The van der Waals surface area contributed by atoms with Gasteiger partial charge in [-0.2, -0.15) is 0 Å². The highest BCUT2D eigenvalue weighted by Crippen LogP contribution is 2.15. The normalized spacial score (nSPS) is 10.6. The number of nitrogen functional groups attached to an aromatic ring is 1. The summed E-state index contributed by atoms with van der Waals surface area (Å²) in [6.07, 6.45) is 0.990. The number of anilines is 1. The van der Waals surface area contributed by atoms with Gasteiger partial charge in [-0.3, -0.25) is 0 Å². The first-order valence-corrected chi connectivity index (χ1v) is 5.44. The summed E-state index contributed by atoms with van der Waals surface area (Å²) in [6.45, 7) is 4.01. The molecule has 16 heavy (non-hydrogen) atoms. The minimum absolute atomic E-state index is 0.156. The van der Waals surface area contributed by atoms with E-state index in [0.29, 0.717) is 18.8 Å². The van der Waals surface area contributed by atoms with Crippen molar-refractivity contribution >= 4 is 5.69 Å². The van der Waals surface area contributed by atoms with Gasteiger partial charge in [0, 0.05) is 12.2 Å². The largest absolute Gasteiger partial charge is 0.396 e. The molecule has 0 saturated carbocycles. The highest BCUT2D eigenvalue weighted by molar-refractivity contribution is 5.42. The van der Waals surface area contributed by atoms with Gasteiger partial charge < -0.3 is 15.2 Å². The molecule has 4 heteroatoms. The molecule has 0 bridgehead atoms. The number of hydrogen-bond donors (Lipinski definition) is 1. The molecule has 1 rings (SSSR count). The van der Waals surface area contributed by atoms with Crippen LogP contribution >= 0.6 is 0 Å². The molecule has 0 aliphatic carbocycles. The molecule has 0 radical (unpaired) electrons. The minimum Gasteiger partial charge on any atom is -0.396 e. The Morgan fingerprint density at radius 2 is 1.94 bits per heavy atom. The van der Waals surface area contributed by atoms with E-state index in [4.69, 9.17) is 15.2 Å². The Kier molecular flexibility index (Phi) is 5.82. The number of halogens is 1. The predicted molar refractivity (Wildman–Crippen MR) is 61.6 cm³/mol. The van der Waals surface area contributed by atoms with Gasteiger partial charge in [0.25, 0.3) is 0 Å². The quantitative estimate of drug-likeness (QED) is 0.574. The van der Waals surface area contributed by atoms with Gasteiger partial charge in [-0.15, -0.1) is 0 Å². The molecule has 0 atom stereocenters. The Hall–Kier alpha value is -1.13. The van der Waals surface area contributed by atoms with E-state index in [0.717, 1.165) is 13.0 Å². The van der Waals surface area contributed by atoms with Gasteiger partial charge in [0.1, 0.15) is 0 Å². The van der Waals surface area contributed by atoms with Crippen molar-refractivity contribution in [2.45, 2.75) is 20.0 Å². The smallest absolute Gasteiger partial charge is 0.151 e. The van der Waals surface area contributed by atoms with Crippen LogP contribution in [0.2, 0.25) is 0 Å². The number of rotatable bonds is 7. The van der Waals surface area contributed by atoms with Crippen LogP contribution in [0.15, 0.2) is 18.2 Å². The maximum absolute atomic E-state index is 13.4. The first-order chi connectivity index (χ1) is 7.75. The van der Waals surface area contributed by atoms with Crippen LogP contribution in [0, 0.1) is 5.82 Å². The van der Waals surface area contributed by atoms with Crippen LogP contribution in [0.25, 0.3) is 0 Å². The van der Waals surface area contributed by atoms with Crippen LogP contribution in [-0.2, 0) is 16.1 Å². The predicted octanol–water partition coefficient (Wildman–Crippen LogP) is 2.35. The zero-order valence-electron chi connectivity index (χ0n) is 9.54. The Morgan fingerprint density at radius 3 is 2.69 bits per heavy atom. The highest BCUT2D eigenvalue weighted by atomic mass is 19.1. The summed E-state index contributed by atoms with van der Waals surface area (Å²) in [7, 11) is 0. The molecule has 0 fully saturated rings. The van der Waals surface area contributed by atoms with Crippen molar-refractivity contribution in [2.24, 2.45) is 0 Å². The van der Waals surface area contributed by atoms with E-state index in [1.165, 1.54) is 6.07 Å². The highest BCUT2D eigenvalue weighted by Gasteiger charge is 2.04. The number of benzene rings is 1. The zero-order valence-corrected chi connectivity index (χ0v) is 9.54. The van der Waals surface area contributed by atoms with Crippen LogP contribution in [0.3, 0.4) is 0 Å². The van der Waals surface area contributed by atoms with Gasteiger partial charge in [-0.25, -0.2) is 4.39 Å². The molecule has 3 nitrogen and oxygen atoms in total. The van der Waals surface area contributed by atoms with Gasteiger partial charge in [0.15, 0.2) is 5.82 Å². The van der Waals surface area contributed by atoms with Crippen molar-refractivity contribution < 1.29 is 13.9 Å². The summed E-state index contributed by atoms with van der Waals surface area (Å²) in [5.41, 5.74) is 6.07. The Labute approximate surface area is 95.4 Å². The number of hydrogen-bond acceptors (Lipinski definition) is 3. The molecule has 0 aliphatic rings. The number of nitrogens with two attached hydrogens (primary N) is 1. The van der Waals surface area contributed by atoms with Crippen molar-refractivity contribution in [3.05, 3.63) is 29.6 Å². The second-order valence-electron chi connectivity index (χ2n) is 3.49. The molecule has 90 valence electrons. The van der Waals surface area contributed by atoms with E-state index in [-0.39, 0.29) is 12.3 Å². The fraction of sp³-hybridized carbons (Fsp3) is 0.500. The van der Waals surface area contributed by atoms with E-state index >= 15 is 0 Å². The van der Waals surface area contributed by atoms with Crippen molar-refractivity contribution in [2.75, 3.05) is 25.6 Å². The Morgan fingerprint density at radius 1 is 1.19 bits per heavy atom. The van der Waals surface area contributed by atoms with E-state index in [2.05, 4.69) is 0 Å². The first-order valence-electron chi connectivity index (χ1n) is 5.44. The molecular weight excluding hydrogens is 209 g/mol. The van der Waals surface area contributed by atoms with Gasteiger partial charge in [-0.05, 0) is 12.5 Å². The monoisotopic (exact) mass is 227 g/mol. The second kappa shape index (κ2) is 7.19. The maximum Gasteiger partial charge on any atom is 0.151 e. The summed E-state index contributed by atoms with van der Waals surface area (Å²) in [5, 5.41) is 0. The van der Waals surface area contributed by atoms with Gasteiger partial charge in [-0.1, -0.05) is 19.1 Å². The lowest BCUT2D eigenvalue weighted by Gasteiger charge is -2.07. The summed E-state index contributed by atoms with van der Waals surface area (Å²) < 4.78 is 23.9. The lowest BCUT2D eigenvalue weighted by atomic mass is 10.2. The average Bonchev–Trinajstić information content (AvgIpc) is 2.29. The molecular formula is C12H18FNO2. The van der Waals surface area contributed by atoms with E-state index in [1.54, 1.807) is 12.1 Å². The summed E-state index contributed by atoms with van der Waals surface area (Å²) in [5.74, 6) is -0.392. The van der Waals surface area contributed by atoms with Crippen molar-refractivity contribution in [3.63, 3.8) is 0 Å². The second-order valence-corrected chi connectivity index (χ2v) is 3.49. The summed E-state index contributed by atoms with van der Waals surface area (Å²) in [4.78, 5) is 0. The van der Waals surface area contributed by atoms with Crippen molar-refractivity contribution in [1.82, 2.24) is 0 Å². The molecule has 2 N–H and O–H groups in total. The Bertz CT molecular complexity index is 318. The van der Waals surface area contributed by atoms with Crippen LogP contribution in [-0.4, -0.2) is 19.8 Å². The molecule has 0 spiro atoms. The molecule has 0 heterocycles. The lowest BCUT2D eigenvalue weighted by Crippen LogP contribution is -2.06. The third-order valence-electron chi connectivity index (χ3n) is 2.09. The third-order valence-corrected chi connectivity index (χ3v) is 2.09. The molecule has 0 amide bonds. The van der Waals surface area contributed by atoms with Crippen molar-refractivity contribution in [1.29, 1.82) is 0 Å². The number of ether oxygens (including phenoxy) is 2. The van der Waals surface area contributed by atoms with Gasteiger partial charge >= 0.3 is 0 Å². The standard InChI is InChI=1S/C12H18FNO2/c1-2-6-15-7-8-16-9-10-4-3-5-11(14)12(10)13/h3-5H,2,6-9,14H2,1H3. The molecule has 0 aliphatic heterocycles. The average molecular weight is 227 g/mol. The third kappa shape index (κ3) is 4.16. The van der Waals surface area contributed by atoms with Crippen LogP contribution in [0.4, 0.5) is 10.1 Å². The summed E-state index contributed by atoms with van der Waals surface area (Å²) >= 11 is 0. The molecule has 0 unspecified atom stereocenters. The fourth-order valence-electron chi connectivity index (χ4n) is 1.26. The zero-order chi connectivity index (χ0) is 11.8.